The third-order valence-electron chi connectivity index (χ3n) is 2.56. The van der Waals surface area contributed by atoms with E-state index in [2.05, 4.69) is 6.92 Å². The van der Waals surface area contributed by atoms with Crippen molar-refractivity contribution in [2.24, 2.45) is 0 Å². The zero-order valence-electron chi connectivity index (χ0n) is 9.61. The van der Waals surface area contributed by atoms with Gasteiger partial charge in [0.05, 0.1) is 0 Å². The van der Waals surface area contributed by atoms with E-state index in [1.54, 1.807) is 0 Å². The molecule has 0 aliphatic carbocycles. The standard InChI is InChI=1S/C12H22Cl2O/c1-2-3-4-5-6-7-8-9-10-11(13)12(14)15/h11H,2-10H2,1H3. The lowest BCUT2D eigenvalue weighted by Crippen LogP contribution is -2.06. The highest BCUT2D eigenvalue weighted by molar-refractivity contribution is 6.69. The molecule has 0 aliphatic heterocycles. The SMILES string of the molecule is CCCCCCCCCCC(Cl)C(=O)Cl. The number of hydrogen-bond donors (Lipinski definition) is 0. The van der Waals surface area contributed by atoms with Crippen LogP contribution < -0.4 is 0 Å². The van der Waals surface area contributed by atoms with E-state index in [1.165, 1.54) is 44.9 Å². The Morgan fingerprint density at radius 1 is 1.00 bits per heavy atom. The molecule has 0 saturated carbocycles. The molecule has 0 radical (unpaired) electrons. The zero-order valence-corrected chi connectivity index (χ0v) is 11.1. The van der Waals surface area contributed by atoms with E-state index < -0.39 is 10.6 Å². The van der Waals surface area contributed by atoms with E-state index in [0.29, 0.717) is 0 Å². The van der Waals surface area contributed by atoms with Crippen LogP contribution in [0.1, 0.15) is 64.7 Å². The van der Waals surface area contributed by atoms with Crippen molar-refractivity contribution in [2.75, 3.05) is 0 Å². The predicted molar refractivity (Wildman–Crippen MR) is 67.7 cm³/mol. The number of rotatable bonds is 10. The monoisotopic (exact) mass is 252 g/mol. The Morgan fingerprint density at radius 2 is 1.47 bits per heavy atom. The number of alkyl halides is 1. The molecule has 0 heterocycles. The van der Waals surface area contributed by atoms with Crippen molar-refractivity contribution in [1.82, 2.24) is 0 Å². The molecule has 0 fully saturated rings. The maximum atomic E-state index is 10.6. The van der Waals surface area contributed by atoms with E-state index in [0.717, 1.165) is 12.8 Å². The number of carbonyl (C=O) groups is 1. The van der Waals surface area contributed by atoms with Crippen molar-refractivity contribution in [2.45, 2.75) is 70.1 Å². The molecule has 0 aliphatic rings. The van der Waals surface area contributed by atoms with Gasteiger partial charge in [0, 0.05) is 0 Å². The minimum absolute atomic E-state index is 0.417. The van der Waals surface area contributed by atoms with Gasteiger partial charge in [-0.1, -0.05) is 58.3 Å². The largest absolute Gasteiger partial charge is 0.280 e. The van der Waals surface area contributed by atoms with Crippen LogP contribution in [0.4, 0.5) is 0 Å². The summed E-state index contributed by atoms with van der Waals surface area (Å²) in [6, 6.07) is 0. The second-order valence-corrected chi connectivity index (χ2v) is 4.93. The van der Waals surface area contributed by atoms with Gasteiger partial charge in [0.25, 0.3) is 0 Å². The van der Waals surface area contributed by atoms with Crippen molar-refractivity contribution < 1.29 is 4.79 Å². The van der Waals surface area contributed by atoms with Gasteiger partial charge in [-0.25, -0.2) is 0 Å². The molecule has 1 atom stereocenters. The Hall–Kier alpha value is 0.250. The molecule has 0 aromatic carbocycles. The molecule has 0 rings (SSSR count). The van der Waals surface area contributed by atoms with Crippen LogP contribution >= 0.6 is 23.2 Å². The van der Waals surface area contributed by atoms with Crippen LogP contribution in [0.2, 0.25) is 0 Å². The van der Waals surface area contributed by atoms with E-state index in [4.69, 9.17) is 23.2 Å². The van der Waals surface area contributed by atoms with Crippen LogP contribution in [0.15, 0.2) is 0 Å². The van der Waals surface area contributed by atoms with Gasteiger partial charge in [0.1, 0.15) is 5.38 Å². The fraction of sp³-hybridized carbons (Fsp3) is 0.917. The van der Waals surface area contributed by atoms with Crippen molar-refractivity contribution in [3.8, 4) is 0 Å². The maximum Gasteiger partial charge on any atom is 0.239 e. The Kier molecular flexibility index (Phi) is 10.9. The lowest BCUT2D eigenvalue weighted by atomic mass is 10.1. The first-order valence-electron chi connectivity index (χ1n) is 6.02. The molecule has 0 aromatic rings. The molecule has 90 valence electrons. The Labute approximate surface area is 104 Å². The fourth-order valence-electron chi connectivity index (χ4n) is 1.57. The summed E-state index contributed by atoms with van der Waals surface area (Å²) in [5.41, 5.74) is 0. The molecule has 0 N–H and O–H groups in total. The Bertz CT molecular complexity index is 160. The smallest absolute Gasteiger partial charge is 0.239 e. The van der Waals surface area contributed by atoms with Gasteiger partial charge in [-0.05, 0) is 18.0 Å². The van der Waals surface area contributed by atoms with Crippen molar-refractivity contribution >= 4 is 28.4 Å². The average Bonchev–Trinajstić information content (AvgIpc) is 2.21. The van der Waals surface area contributed by atoms with Crippen molar-refractivity contribution in [3.63, 3.8) is 0 Å². The molecule has 0 bridgehead atoms. The van der Waals surface area contributed by atoms with Gasteiger partial charge < -0.3 is 0 Å². The summed E-state index contributed by atoms with van der Waals surface area (Å²) in [6.07, 6.45) is 10.8. The zero-order chi connectivity index (χ0) is 11.5. The first-order valence-corrected chi connectivity index (χ1v) is 6.83. The van der Waals surface area contributed by atoms with E-state index in [1.807, 2.05) is 0 Å². The summed E-state index contributed by atoms with van der Waals surface area (Å²) in [4.78, 5) is 10.6. The molecule has 1 nitrogen and oxygen atoms in total. The molecule has 0 spiro atoms. The van der Waals surface area contributed by atoms with Gasteiger partial charge in [-0.15, -0.1) is 11.6 Å². The lowest BCUT2D eigenvalue weighted by Gasteiger charge is -2.03. The van der Waals surface area contributed by atoms with Gasteiger partial charge in [0.2, 0.25) is 5.24 Å². The van der Waals surface area contributed by atoms with Gasteiger partial charge in [-0.2, -0.15) is 0 Å². The maximum absolute atomic E-state index is 10.6. The number of hydrogen-bond acceptors (Lipinski definition) is 1. The van der Waals surface area contributed by atoms with E-state index in [9.17, 15) is 4.79 Å². The van der Waals surface area contributed by atoms with Gasteiger partial charge >= 0.3 is 0 Å². The summed E-state index contributed by atoms with van der Waals surface area (Å²) in [5.74, 6) is 0. The van der Waals surface area contributed by atoms with E-state index >= 15 is 0 Å². The first kappa shape index (κ1) is 15.2. The second kappa shape index (κ2) is 10.8. The molecule has 3 heteroatoms. The minimum atomic E-state index is -0.480. The van der Waals surface area contributed by atoms with Crippen LogP contribution in [-0.2, 0) is 4.79 Å². The topological polar surface area (TPSA) is 17.1 Å². The number of unbranched alkanes of at least 4 members (excludes halogenated alkanes) is 7. The van der Waals surface area contributed by atoms with Crippen LogP contribution in [-0.4, -0.2) is 10.6 Å². The first-order chi connectivity index (χ1) is 7.18. The number of halogens is 2. The third-order valence-corrected chi connectivity index (χ3v) is 3.35. The molecule has 15 heavy (non-hydrogen) atoms. The minimum Gasteiger partial charge on any atom is -0.280 e. The summed E-state index contributed by atoms with van der Waals surface area (Å²) >= 11 is 11.0. The van der Waals surface area contributed by atoms with Gasteiger partial charge in [-0.3, -0.25) is 4.79 Å². The second-order valence-electron chi connectivity index (χ2n) is 4.04. The summed E-state index contributed by atoms with van der Waals surface area (Å²) in [6.45, 7) is 2.23. The van der Waals surface area contributed by atoms with Crippen LogP contribution in [0.5, 0.6) is 0 Å². The lowest BCUT2D eigenvalue weighted by molar-refractivity contribution is -0.111. The summed E-state index contributed by atoms with van der Waals surface area (Å²) in [5, 5.41) is -0.897. The van der Waals surface area contributed by atoms with Crippen LogP contribution in [0, 0.1) is 0 Å². The molecule has 0 saturated heterocycles. The summed E-state index contributed by atoms with van der Waals surface area (Å²) in [7, 11) is 0. The van der Waals surface area contributed by atoms with Crippen molar-refractivity contribution in [3.05, 3.63) is 0 Å². The summed E-state index contributed by atoms with van der Waals surface area (Å²) < 4.78 is 0. The molecule has 0 amide bonds. The quantitative estimate of drug-likeness (QED) is 0.308. The normalized spacial score (nSPS) is 12.7. The molecular weight excluding hydrogens is 231 g/mol. The van der Waals surface area contributed by atoms with Gasteiger partial charge in [0.15, 0.2) is 0 Å². The van der Waals surface area contributed by atoms with Crippen LogP contribution in [0.25, 0.3) is 0 Å². The highest BCUT2D eigenvalue weighted by Gasteiger charge is 2.10. The Balaban J connectivity index is 3.08. The van der Waals surface area contributed by atoms with E-state index in [-0.39, 0.29) is 0 Å². The highest BCUT2D eigenvalue weighted by Crippen LogP contribution is 2.14. The third kappa shape index (κ3) is 10.5. The predicted octanol–water partition coefficient (Wildman–Crippen LogP) is 4.89. The number of carbonyl (C=O) groups excluding carboxylic acids is 1. The Morgan fingerprint density at radius 3 is 1.93 bits per heavy atom. The molecule has 1 unspecified atom stereocenters. The van der Waals surface area contributed by atoms with Crippen molar-refractivity contribution in [1.29, 1.82) is 0 Å². The fourth-order valence-corrected chi connectivity index (χ4v) is 1.83. The average molecular weight is 253 g/mol. The van der Waals surface area contributed by atoms with Crippen LogP contribution in [0.3, 0.4) is 0 Å². The molecular formula is C12H22Cl2O. The highest BCUT2D eigenvalue weighted by atomic mass is 35.5. The molecule has 0 aromatic heterocycles.